The van der Waals surface area contributed by atoms with Crippen molar-refractivity contribution in [2.45, 2.75) is 13.8 Å². The molecule has 39 heavy (non-hydrogen) atoms. The molecule has 0 saturated heterocycles. The summed E-state index contributed by atoms with van der Waals surface area (Å²) >= 11 is 0. The molecule has 2 aromatic heterocycles. The average molecular weight is 529 g/mol. The molecule has 4 aromatic rings. The van der Waals surface area contributed by atoms with E-state index in [4.69, 9.17) is 10.5 Å². The second-order valence-corrected chi connectivity index (χ2v) is 9.05. The van der Waals surface area contributed by atoms with E-state index in [0.29, 0.717) is 50.8 Å². The average Bonchev–Trinajstić information content (AvgIpc) is 2.95. The minimum Gasteiger partial charge on any atom is -0.494 e. The third-order valence-electron chi connectivity index (χ3n) is 6.14. The molecule has 0 bridgehead atoms. The number of fused-ring (bicyclic) bond motifs is 1. The summed E-state index contributed by atoms with van der Waals surface area (Å²) in [5.74, 6) is 0.888. The van der Waals surface area contributed by atoms with Gasteiger partial charge in [0.05, 0.1) is 35.8 Å². The van der Waals surface area contributed by atoms with Crippen molar-refractivity contribution in [1.82, 2.24) is 19.4 Å². The first kappa shape index (κ1) is 28.9. The van der Waals surface area contributed by atoms with E-state index in [2.05, 4.69) is 31.2 Å². The second-order valence-electron chi connectivity index (χ2n) is 9.05. The number of aromatic nitrogens is 3. The first-order chi connectivity index (χ1) is 18.7. The summed E-state index contributed by atoms with van der Waals surface area (Å²) in [5.41, 5.74) is 10.3. The number of ether oxygens (including phenoxy) is 1. The molecule has 204 valence electrons. The maximum Gasteiger partial charge on any atom is 0.259 e. The maximum absolute atomic E-state index is 13.1. The van der Waals surface area contributed by atoms with Crippen molar-refractivity contribution >= 4 is 34.0 Å². The topological polar surface area (TPSA) is 125 Å². The quantitative estimate of drug-likeness (QED) is 0.323. The first-order valence-corrected chi connectivity index (χ1v) is 12.7. The number of rotatable bonds is 8. The Bertz CT molecular complexity index is 1560. The number of aryl methyl sites for hydroxylation is 1. The van der Waals surface area contributed by atoms with Crippen LogP contribution < -0.4 is 26.2 Å². The van der Waals surface area contributed by atoms with Crippen LogP contribution in [0.25, 0.3) is 22.2 Å². The van der Waals surface area contributed by atoms with Crippen molar-refractivity contribution in [3.8, 4) is 22.9 Å². The van der Waals surface area contributed by atoms with Crippen LogP contribution in [-0.4, -0.2) is 60.8 Å². The van der Waals surface area contributed by atoms with Gasteiger partial charge in [0.1, 0.15) is 11.4 Å². The molecule has 0 atom stereocenters. The van der Waals surface area contributed by atoms with Crippen LogP contribution in [0.15, 0.2) is 53.5 Å². The molecule has 10 heteroatoms. The number of methoxy groups -OCH3 is 1. The van der Waals surface area contributed by atoms with Crippen LogP contribution in [0.4, 0.5) is 23.0 Å². The molecule has 0 radical (unpaired) electrons. The highest BCUT2D eigenvalue weighted by Gasteiger charge is 2.15. The third-order valence-corrected chi connectivity index (χ3v) is 6.14. The fraction of sp³-hybridized carbons (Fsp3) is 0.310. The summed E-state index contributed by atoms with van der Waals surface area (Å²) in [6.45, 7) is 5.69. The number of nitrogens with one attached hydrogen (secondary N) is 1. The van der Waals surface area contributed by atoms with Crippen LogP contribution >= 0.6 is 0 Å². The van der Waals surface area contributed by atoms with Gasteiger partial charge in [-0.05, 0) is 43.9 Å². The van der Waals surface area contributed by atoms with Crippen molar-refractivity contribution < 1.29 is 4.74 Å². The van der Waals surface area contributed by atoms with Crippen LogP contribution in [-0.2, 0) is 7.05 Å². The van der Waals surface area contributed by atoms with E-state index in [9.17, 15) is 10.1 Å². The number of hydrogen-bond acceptors (Lipinski definition) is 9. The summed E-state index contributed by atoms with van der Waals surface area (Å²) in [7, 11) is 9.29. The molecule has 2 aromatic carbocycles. The van der Waals surface area contributed by atoms with Crippen molar-refractivity contribution in [2.24, 2.45) is 7.05 Å². The molecular formula is C29H36N8O2. The summed E-state index contributed by atoms with van der Waals surface area (Å²) in [4.78, 5) is 26.4. The highest BCUT2D eigenvalue weighted by atomic mass is 16.5. The van der Waals surface area contributed by atoms with E-state index < -0.39 is 0 Å². The van der Waals surface area contributed by atoms with Gasteiger partial charge >= 0.3 is 0 Å². The summed E-state index contributed by atoms with van der Waals surface area (Å²) in [6, 6.07) is 14.5. The van der Waals surface area contributed by atoms with Gasteiger partial charge in [-0.3, -0.25) is 9.36 Å². The zero-order valence-corrected chi connectivity index (χ0v) is 23.6. The van der Waals surface area contributed by atoms with Gasteiger partial charge in [-0.15, -0.1) is 0 Å². The van der Waals surface area contributed by atoms with Crippen molar-refractivity contribution in [2.75, 3.05) is 57.3 Å². The van der Waals surface area contributed by atoms with E-state index in [-0.39, 0.29) is 5.56 Å². The number of nitrogens with zero attached hydrogens (tertiary/aromatic N) is 6. The van der Waals surface area contributed by atoms with Gasteiger partial charge in [-0.25, -0.2) is 4.98 Å². The molecule has 0 spiro atoms. The lowest BCUT2D eigenvalue weighted by molar-refractivity contribution is 0.413. The number of pyridine rings is 1. The number of benzene rings is 2. The van der Waals surface area contributed by atoms with Gasteiger partial charge in [-0.2, -0.15) is 10.2 Å². The largest absolute Gasteiger partial charge is 0.494 e. The highest BCUT2D eigenvalue weighted by molar-refractivity contribution is 5.83. The molecule has 0 aliphatic rings. The van der Waals surface area contributed by atoms with E-state index in [1.54, 1.807) is 56.8 Å². The zero-order chi connectivity index (χ0) is 28.7. The van der Waals surface area contributed by atoms with E-state index in [0.717, 1.165) is 18.8 Å². The number of likely N-dealkylation sites (N-methyl/N-ethyl adjacent to an activating group) is 2. The SMILES string of the molecule is CC.COc1cc(N(C)CCN(C)C)c(N)cc1Nc1ncc2cc(-c3cccc(C#N)c3)c(=O)n(C)c2n1. The number of anilines is 4. The second kappa shape index (κ2) is 12.8. The Morgan fingerprint density at radius 3 is 2.54 bits per heavy atom. The van der Waals surface area contributed by atoms with Gasteiger partial charge in [-0.1, -0.05) is 26.0 Å². The lowest BCUT2D eigenvalue weighted by atomic mass is 10.0. The summed E-state index contributed by atoms with van der Waals surface area (Å²) in [6.07, 6.45) is 1.65. The molecule has 0 aliphatic carbocycles. The molecule has 0 fully saturated rings. The Balaban J connectivity index is 0.00000205. The van der Waals surface area contributed by atoms with E-state index in [1.807, 2.05) is 41.1 Å². The van der Waals surface area contributed by atoms with Crippen LogP contribution in [0.1, 0.15) is 19.4 Å². The molecule has 0 amide bonds. The fourth-order valence-corrected chi connectivity index (χ4v) is 4.04. The maximum atomic E-state index is 13.1. The van der Waals surface area contributed by atoms with Gasteiger partial charge in [0.25, 0.3) is 5.56 Å². The molecule has 2 heterocycles. The number of nitriles is 1. The molecule has 0 saturated carbocycles. The minimum absolute atomic E-state index is 0.223. The van der Waals surface area contributed by atoms with Crippen LogP contribution in [0.2, 0.25) is 0 Å². The van der Waals surface area contributed by atoms with Gasteiger partial charge in [0, 0.05) is 50.4 Å². The molecule has 3 N–H and O–H groups in total. The van der Waals surface area contributed by atoms with E-state index in [1.165, 1.54) is 4.57 Å². The summed E-state index contributed by atoms with van der Waals surface area (Å²) < 4.78 is 7.09. The van der Waals surface area contributed by atoms with Crippen molar-refractivity contribution in [1.29, 1.82) is 5.26 Å². The number of nitrogens with two attached hydrogens (primary N) is 1. The Hall–Kier alpha value is -4.62. The first-order valence-electron chi connectivity index (χ1n) is 12.7. The minimum atomic E-state index is -0.223. The molecule has 10 nitrogen and oxygen atoms in total. The van der Waals surface area contributed by atoms with Crippen LogP contribution in [0.5, 0.6) is 5.75 Å². The number of nitrogen functional groups attached to an aromatic ring is 1. The molecule has 0 unspecified atom stereocenters. The number of hydrogen-bond donors (Lipinski definition) is 2. The monoisotopic (exact) mass is 528 g/mol. The fourth-order valence-electron chi connectivity index (χ4n) is 4.04. The van der Waals surface area contributed by atoms with Gasteiger partial charge < -0.3 is 25.6 Å². The van der Waals surface area contributed by atoms with Gasteiger partial charge in [0.2, 0.25) is 5.95 Å². The van der Waals surface area contributed by atoms with Crippen LogP contribution in [0.3, 0.4) is 0 Å². The lowest BCUT2D eigenvalue weighted by Gasteiger charge is -2.24. The van der Waals surface area contributed by atoms with Crippen LogP contribution in [0, 0.1) is 11.3 Å². The Kier molecular flexibility index (Phi) is 9.47. The normalized spacial score (nSPS) is 10.5. The Morgan fingerprint density at radius 1 is 1.13 bits per heavy atom. The van der Waals surface area contributed by atoms with Gasteiger partial charge in [0.15, 0.2) is 0 Å². The zero-order valence-electron chi connectivity index (χ0n) is 23.6. The Labute approximate surface area is 229 Å². The van der Waals surface area contributed by atoms with Crippen molar-refractivity contribution in [3.05, 3.63) is 64.6 Å². The predicted octanol–water partition coefficient (Wildman–Crippen LogP) is 4.23. The summed E-state index contributed by atoms with van der Waals surface area (Å²) in [5, 5.41) is 13.1. The molecule has 4 rings (SSSR count). The molecule has 0 aliphatic heterocycles. The predicted molar refractivity (Wildman–Crippen MR) is 159 cm³/mol. The lowest BCUT2D eigenvalue weighted by Crippen LogP contribution is -2.29. The Morgan fingerprint density at radius 2 is 1.87 bits per heavy atom. The molecular weight excluding hydrogens is 492 g/mol. The third kappa shape index (κ3) is 6.45. The highest BCUT2D eigenvalue weighted by Crippen LogP contribution is 2.36. The smallest absolute Gasteiger partial charge is 0.259 e. The van der Waals surface area contributed by atoms with E-state index >= 15 is 0 Å². The van der Waals surface area contributed by atoms with Crippen molar-refractivity contribution in [3.63, 3.8) is 0 Å². The standard InChI is InChI=1S/C27H30N8O2.C2H6/c1-33(2)9-10-34(3)23-14-24(37-5)22(13-21(23)29)31-27-30-16-19-12-20(26(36)35(4)25(19)32-27)18-8-6-7-17(11-18)15-28;1-2/h6-8,11-14,16H,9-10,29H2,1-5H3,(H,30,31,32);1-2H3.